The van der Waals surface area contributed by atoms with E-state index in [4.69, 9.17) is 16.1 Å². The molecule has 0 radical (unpaired) electrons. The number of carboxylic acid groups (broad SMARTS) is 1. The van der Waals surface area contributed by atoms with Crippen LogP contribution in [0.15, 0.2) is 18.2 Å². The highest BCUT2D eigenvalue weighted by molar-refractivity contribution is 5.65. The van der Waals surface area contributed by atoms with Gasteiger partial charge in [-0.3, -0.25) is 0 Å². The standard InChI is InChI=1S/C11H9N3O2/c12-7-8-3-4-10(13)9(6-8)2-1-5-14-11(15)16/h3-4,6,14H,5,13H2,(H,15,16). The lowest BCUT2D eigenvalue weighted by molar-refractivity contribution is 0.196. The van der Waals surface area contributed by atoms with Gasteiger partial charge in [-0.25, -0.2) is 4.79 Å². The summed E-state index contributed by atoms with van der Waals surface area (Å²) in [6.07, 6.45) is -1.13. The fraction of sp³-hybridized carbons (Fsp3) is 0.0909. The number of benzene rings is 1. The molecule has 16 heavy (non-hydrogen) atoms. The van der Waals surface area contributed by atoms with E-state index in [1.807, 2.05) is 6.07 Å². The number of amides is 1. The third-order valence-corrected chi connectivity index (χ3v) is 1.73. The van der Waals surface area contributed by atoms with E-state index in [0.29, 0.717) is 16.8 Å². The molecule has 0 fully saturated rings. The lowest BCUT2D eigenvalue weighted by Crippen LogP contribution is -2.20. The third-order valence-electron chi connectivity index (χ3n) is 1.73. The van der Waals surface area contributed by atoms with Gasteiger partial charge in [0.2, 0.25) is 0 Å². The molecule has 5 nitrogen and oxygen atoms in total. The number of anilines is 1. The molecule has 0 heterocycles. The van der Waals surface area contributed by atoms with Gasteiger partial charge in [-0.1, -0.05) is 11.8 Å². The molecular formula is C11H9N3O2. The summed E-state index contributed by atoms with van der Waals surface area (Å²) in [6.45, 7) is 0.0194. The second-order valence-electron chi connectivity index (χ2n) is 2.87. The second-order valence-corrected chi connectivity index (χ2v) is 2.87. The molecule has 0 aliphatic rings. The van der Waals surface area contributed by atoms with Crippen LogP contribution in [0, 0.1) is 23.2 Å². The molecule has 1 rings (SSSR count). The summed E-state index contributed by atoms with van der Waals surface area (Å²) in [4.78, 5) is 10.1. The van der Waals surface area contributed by atoms with Gasteiger partial charge in [0.15, 0.2) is 0 Å². The number of hydrogen-bond donors (Lipinski definition) is 3. The molecule has 4 N–H and O–H groups in total. The number of nitrogen functional groups attached to an aromatic ring is 1. The zero-order chi connectivity index (χ0) is 12.0. The number of rotatable bonds is 1. The van der Waals surface area contributed by atoms with Gasteiger partial charge in [-0.15, -0.1) is 0 Å². The van der Waals surface area contributed by atoms with Gasteiger partial charge in [-0.2, -0.15) is 5.26 Å². The van der Waals surface area contributed by atoms with E-state index in [2.05, 4.69) is 17.2 Å². The van der Waals surface area contributed by atoms with Gasteiger partial charge in [0.25, 0.3) is 0 Å². The minimum atomic E-state index is -1.13. The number of nitrogens with two attached hydrogens (primary N) is 1. The molecule has 0 unspecified atom stereocenters. The summed E-state index contributed by atoms with van der Waals surface area (Å²) >= 11 is 0. The Hall–Kier alpha value is -2.66. The summed E-state index contributed by atoms with van der Waals surface area (Å²) in [6, 6.07) is 6.71. The Balaban J connectivity index is 2.80. The SMILES string of the molecule is N#Cc1ccc(N)c(C#CCNC(=O)O)c1. The van der Waals surface area contributed by atoms with Crippen molar-refractivity contribution in [3.63, 3.8) is 0 Å². The van der Waals surface area contributed by atoms with Gasteiger partial charge < -0.3 is 16.2 Å². The fourth-order valence-corrected chi connectivity index (χ4v) is 0.993. The first-order chi connectivity index (χ1) is 7.63. The Morgan fingerprint density at radius 1 is 1.56 bits per heavy atom. The van der Waals surface area contributed by atoms with Crippen LogP contribution in [0.25, 0.3) is 0 Å². The number of carbonyl (C=O) groups is 1. The maximum absolute atomic E-state index is 10.1. The molecule has 0 saturated carbocycles. The lowest BCUT2D eigenvalue weighted by Gasteiger charge is -1.97. The van der Waals surface area contributed by atoms with Crippen molar-refractivity contribution in [1.82, 2.24) is 5.32 Å². The van der Waals surface area contributed by atoms with Crippen molar-refractivity contribution in [1.29, 1.82) is 5.26 Å². The van der Waals surface area contributed by atoms with Crippen LogP contribution in [0.1, 0.15) is 11.1 Å². The normalized spacial score (nSPS) is 8.44. The quantitative estimate of drug-likeness (QED) is 0.475. The summed E-state index contributed by atoms with van der Waals surface area (Å²) in [7, 11) is 0. The number of hydrogen-bond acceptors (Lipinski definition) is 3. The summed E-state index contributed by atoms with van der Waals surface area (Å²) < 4.78 is 0. The molecule has 1 aromatic rings. The zero-order valence-electron chi connectivity index (χ0n) is 8.32. The van der Waals surface area contributed by atoms with Crippen molar-refractivity contribution in [2.75, 3.05) is 12.3 Å². The molecule has 0 bridgehead atoms. The van der Waals surface area contributed by atoms with E-state index in [1.165, 1.54) is 0 Å². The first-order valence-electron chi connectivity index (χ1n) is 4.39. The first kappa shape index (κ1) is 11.4. The van der Waals surface area contributed by atoms with E-state index in [0.717, 1.165) is 0 Å². The molecule has 5 heteroatoms. The van der Waals surface area contributed by atoms with E-state index in [9.17, 15) is 4.79 Å². The molecule has 1 aromatic carbocycles. The van der Waals surface area contributed by atoms with Crippen molar-refractivity contribution in [3.8, 4) is 17.9 Å². The molecule has 0 saturated heterocycles. The monoisotopic (exact) mass is 215 g/mol. The minimum absolute atomic E-state index is 0.0194. The van der Waals surface area contributed by atoms with Gasteiger partial charge in [-0.05, 0) is 18.2 Å². The van der Waals surface area contributed by atoms with Crippen LogP contribution in [0.5, 0.6) is 0 Å². The van der Waals surface area contributed by atoms with Crippen molar-refractivity contribution >= 4 is 11.8 Å². The highest BCUT2D eigenvalue weighted by atomic mass is 16.4. The summed E-state index contributed by atoms with van der Waals surface area (Å²) in [5.74, 6) is 5.28. The van der Waals surface area contributed by atoms with Gasteiger partial charge in [0, 0.05) is 11.3 Å². The Morgan fingerprint density at radius 2 is 2.31 bits per heavy atom. The summed E-state index contributed by atoms with van der Waals surface area (Å²) in [5, 5.41) is 19.1. The Morgan fingerprint density at radius 3 is 2.94 bits per heavy atom. The molecule has 0 aliphatic carbocycles. The van der Waals surface area contributed by atoms with Crippen LogP contribution >= 0.6 is 0 Å². The number of nitrogens with zero attached hydrogens (tertiary/aromatic N) is 1. The smallest absolute Gasteiger partial charge is 0.405 e. The van der Waals surface area contributed by atoms with Gasteiger partial charge >= 0.3 is 6.09 Å². The maximum atomic E-state index is 10.1. The third kappa shape index (κ3) is 3.24. The molecule has 1 amide bonds. The number of nitrogens with one attached hydrogen (secondary N) is 1. The van der Waals surface area contributed by atoms with Crippen LogP contribution in [-0.2, 0) is 0 Å². The lowest BCUT2D eigenvalue weighted by atomic mass is 10.1. The Labute approximate surface area is 92.5 Å². The summed E-state index contributed by atoms with van der Waals surface area (Å²) in [5.41, 5.74) is 7.08. The van der Waals surface area contributed by atoms with E-state index in [-0.39, 0.29) is 6.54 Å². The van der Waals surface area contributed by atoms with Crippen LogP contribution in [0.3, 0.4) is 0 Å². The second kappa shape index (κ2) is 5.28. The Bertz CT molecular complexity index is 506. The molecular weight excluding hydrogens is 206 g/mol. The molecule has 0 atom stereocenters. The topological polar surface area (TPSA) is 99.1 Å². The van der Waals surface area contributed by atoms with Crippen LogP contribution in [0.4, 0.5) is 10.5 Å². The van der Waals surface area contributed by atoms with E-state index < -0.39 is 6.09 Å². The van der Waals surface area contributed by atoms with Gasteiger partial charge in [0.05, 0.1) is 18.2 Å². The zero-order valence-corrected chi connectivity index (χ0v) is 8.32. The minimum Gasteiger partial charge on any atom is -0.465 e. The number of nitriles is 1. The van der Waals surface area contributed by atoms with Gasteiger partial charge in [0.1, 0.15) is 0 Å². The van der Waals surface area contributed by atoms with Crippen molar-refractivity contribution in [2.45, 2.75) is 0 Å². The van der Waals surface area contributed by atoms with Crippen molar-refractivity contribution in [2.24, 2.45) is 0 Å². The average molecular weight is 215 g/mol. The van der Waals surface area contributed by atoms with Crippen molar-refractivity contribution in [3.05, 3.63) is 29.3 Å². The maximum Gasteiger partial charge on any atom is 0.405 e. The largest absolute Gasteiger partial charge is 0.465 e. The van der Waals surface area contributed by atoms with E-state index in [1.54, 1.807) is 18.2 Å². The average Bonchev–Trinajstić information content (AvgIpc) is 2.26. The molecule has 0 aromatic heterocycles. The van der Waals surface area contributed by atoms with Crippen LogP contribution in [-0.4, -0.2) is 17.7 Å². The molecule has 0 aliphatic heterocycles. The highest BCUT2D eigenvalue weighted by Crippen LogP contribution is 2.11. The van der Waals surface area contributed by atoms with Crippen LogP contribution < -0.4 is 11.1 Å². The predicted molar refractivity (Wildman–Crippen MR) is 58.5 cm³/mol. The van der Waals surface area contributed by atoms with Crippen molar-refractivity contribution < 1.29 is 9.90 Å². The van der Waals surface area contributed by atoms with Crippen LogP contribution in [0.2, 0.25) is 0 Å². The molecule has 80 valence electrons. The fourth-order valence-electron chi connectivity index (χ4n) is 0.993. The first-order valence-corrected chi connectivity index (χ1v) is 4.39. The van der Waals surface area contributed by atoms with E-state index >= 15 is 0 Å². The predicted octanol–water partition coefficient (Wildman–Crippen LogP) is 0.760. The molecule has 0 spiro atoms. The highest BCUT2D eigenvalue weighted by Gasteiger charge is 1.97. The Kier molecular flexibility index (Phi) is 3.77.